The van der Waals surface area contributed by atoms with E-state index in [0.717, 1.165) is 47.8 Å². The van der Waals surface area contributed by atoms with E-state index < -0.39 is 0 Å². The summed E-state index contributed by atoms with van der Waals surface area (Å²) in [5, 5.41) is 5.17. The Labute approximate surface area is 171 Å². The van der Waals surface area contributed by atoms with Crippen LogP contribution in [0.25, 0.3) is 10.6 Å². The van der Waals surface area contributed by atoms with Gasteiger partial charge in [-0.2, -0.15) is 0 Å². The van der Waals surface area contributed by atoms with Gasteiger partial charge in [-0.3, -0.25) is 5.84 Å². The van der Waals surface area contributed by atoms with Crippen LogP contribution in [-0.2, 0) is 6.42 Å². The zero-order valence-corrected chi connectivity index (χ0v) is 17.3. The number of hydrogen-bond donors (Lipinski definition) is 1. The van der Waals surface area contributed by atoms with Gasteiger partial charge in [-0.15, -0.1) is 11.3 Å². The van der Waals surface area contributed by atoms with Crippen molar-refractivity contribution in [2.24, 2.45) is 11.8 Å². The fraction of sp³-hybridized carbons (Fsp3) is 0.348. The zero-order chi connectivity index (χ0) is 19.5. The third-order valence-electron chi connectivity index (χ3n) is 5.56. The van der Waals surface area contributed by atoms with Gasteiger partial charge in [0.15, 0.2) is 0 Å². The van der Waals surface area contributed by atoms with Crippen molar-refractivity contribution < 1.29 is 4.74 Å². The summed E-state index contributed by atoms with van der Waals surface area (Å²) in [4.78, 5) is 4.65. The summed E-state index contributed by atoms with van der Waals surface area (Å²) in [6.07, 6.45) is 3.23. The first-order chi connectivity index (χ1) is 13.7. The Morgan fingerprint density at radius 1 is 1.21 bits per heavy atom. The number of aryl methyl sites for hydroxylation is 1. The van der Waals surface area contributed by atoms with Crippen LogP contribution >= 0.6 is 11.3 Å². The van der Waals surface area contributed by atoms with Crippen molar-refractivity contribution in [3.8, 4) is 16.3 Å². The Balaban J connectivity index is 1.66. The van der Waals surface area contributed by atoms with E-state index in [2.05, 4.69) is 58.9 Å². The molecule has 0 saturated carbocycles. The average molecular weight is 394 g/mol. The number of piperidine rings is 1. The van der Waals surface area contributed by atoms with Crippen molar-refractivity contribution in [1.82, 2.24) is 9.99 Å². The number of nitrogens with zero attached hydrogens (tertiary/aromatic N) is 2. The molecule has 0 aliphatic carbocycles. The molecule has 1 saturated heterocycles. The molecule has 28 heavy (non-hydrogen) atoms. The van der Waals surface area contributed by atoms with Crippen LogP contribution in [0.2, 0.25) is 0 Å². The first-order valence-corrected chi connectivity index (χ1v) is 10.7. The van der Waals surface area contributed by atoms with Crippen molar-refractivity contribution in [3.05, 3.63) is 70.7 Å². The van der Waals surface area contributed by atoms with Crippen LogP contribution in [0.5, 0.6) is 5.75 Å². The molecule has 1 fully saturated rings. The molecule has 0 unspecified atom stereocenters. The van der Waals surface area contributed by atoms with Gasteiger partial charge in [0.2, 0.25) is 0 Å². The summed E-state index contributed by atoms with van der Waals surface area (Å²) in [6, 6.07) is 17.3. The number of aromatic nitrogens is 1. The summed E-state index contributed by atoms with van der Waals surface area (Å²) < 4.78 is 5.69. The normalized spacial score (nSPS) is 20.2. The zero-order valence-electron chi connectivity index (χ0n) is 16.5. The van der Waals surface area contributed by atoms with Gasteiger partial charge in [-0.1, -0.05) is 30.3 Å². The number of hydrazine groups is 1. The Morgan fingerprint density at radius 2 is 2.04 bits per heavy atom. The van der Waals surface area contributed by atoms with E-state index in [1.54, 1.807) is 18.4 Å². The number of ether oxygens (including phenoxy) is 1. The molecule has 2 N–H and O–H groups in total. The van der Waals surface area contributed by atoms with E-state index in [9.17, 15) is 0 Å². The second kappa shape index (κ2) is 8.43. The quantitative estimate of drug-likeness (QED) is 0.620. The fourth-order valence-corrected chi connectivity index (χ4v) is 5.07. The topological polar surface area (TPSA) is 51.4 Å². The van der Waals surface area contributed by atoms with Crippen LogP contribution < -0.4 is 10.6 Å². The van der Waals surface area contributed by atoms with Crippen LogP contribution in [0.15, 0.2) is 53.9 Å². The van der Waals surface area contributed by atoms with Gasteiger partial charge >= 0.3 is 0 Å². The van der Waals surface area contributed by atoms with Gasteiger partial charge in [0, 0.05) is 23.2 Å². The van der Waals surface area contributed by atoms with Crippen LogP contribution in [0.1, 0.15) is 35.7 Å². The number of rotatable bonds is 5. The molecule has 1 aliphatic heterocycles. The largest absolute Gasteiger partial charge is 0.496 e. The first kappa shape index (κ1) is 19.1. The van der Waals surface area contributed by atoms with E-state index >= 15 is 0 Å². The summed E-state index contributed by atoms with van der Waals surface area (Å²) in [6.45, 7) is 2.97. The lowest BCUT2D eigenvalue weighted by Gasteiger charge is -2.39. The third kappa shape index (κ3) is 3.97. The first-order valence-electron chi connectivity index (χ1n) is 9.81. The molecule has 4 nitrogen and oxygen atoms in total. The van der Waals surface area contributed by atoms with Crippen LogP contribution in [0, 0.1) is 12.8 Å². The average Bonchev–Trinajstić information content (AvgIpc) is 3.15. The van der Waals surface area contributed by atoms with Crippen LogP contribution in [-0.4, -0.2) is 23.6 Å². The molecule has 1 aliphatic rings. The van der Waals surface area contributed by atoms with Gasteiger partial charge in [0.25, 0.3) is 0 Å². The minimum absolute atomic E-state index is 0.227. The van der Waals surface area contributed by atoms with Crippen LogP contribution in [0.4, 0.5) is 0 Å². The van der Waals surface area contributed by atoms with E-state index in [4.69, 9.17) is 10.6 Å². The van der Waals surface area contributed by atoms with Crippen molar-refractivity contribution >= 4 is 11.3 Å². The van der Waals surface area contributed by atoms with Crippen molar-refractivity contribution in [2.45, 2.75) is 32.2 Å². The number of hydrogen-bond acceptors (Lipinski definition) is 5. The van der Waals surface area contributed by atoms with Crippen molar-refractivity contribution in [3.63, 3.8) is 0 Å². The summed E-state index contributed by atoms with van der Waals surface area (Å²) >= 11 is 1.69. The van der Waals surface area contributed by atoms with Gasteiger partial charge in [0.05, 0.1) is 13.2 Å². The predicted octanol–water partition coefficient (Wildman–Crippen LogP) is 5.00. The molecule has 2 atom stereocenters. The molecule has 5 heteroatoms. The number of thiazole rings is 1. The van der Waals surface area contributed by atoms with Crippen LogP contribution in [0.3, 0.4) is 0 Å². The Kier molecular flexibility index (Phi) is 5.76. The smallest absolute Gasteiger partial charge is 0.123 e. The molecule has 1 aromatic heterocycles. The molecule has 4 rings (SSSR count). The Bertz CT molecular complexity index is 925. The maximum Gasteiger partial charge on any atom is 0.123 e. The minimum Gasteiger partial charge on any atom is -0.496 e. The SMILES string of the molecule is COc1ccc(-c2nc(C)cs2)cc1C[C@@H]1CCCN(N)[C@@H]1c1ccccc1. The van der Waals surface area contributed by atoms with E-state index in [-0.39, 0.29) is 6.04 Å². The summed E-state index contributed by atoms with van der Waals surface area (Å²) in [5.74, 6) is 7.83. The van der Waals surface area contributed by atoms with Gasteiger partial charge in [0.1, 0.15) is 10.8 Å². The number of methoxy groups -OCH3 is 1. The molecule has 0 spiro atoms. The lowest BCUT2D eigenvalue weighted by molar-refractivity contribution is 0.0923. The fourth-order valence-electron chi connectivity index (χ4n) is 4.27. The highest BCUT2D eigenvalue weighted by atomic mass is 32.1. The highest BCUT2D eigenvalue weighted by Gasteiger charge is 2.31. The lowest BCUT2D eigenvalue weighted by Crippen LogP contribution is -2.44. The Morgan fingerprint density at radius 3 is 2.75 bits per heavy atom. The second-order valence-electron chi connectivity index (χ2n) is 7.52. The standard InChI is InChI=1S/C23H27N3OS/c1-16-15-28-23(25-16)19-10-11-21(27-2)20(14-19)13-18-9-6-12-26(24)22(18)17-7-4-3-5-8-17/h3-5,7-8,10-11,14-15,18,22H,6,9,12-13,24H2,1-2H3/t18-,22+/m0/s1. The van der Waals surface area contributed by atoms with Gasteiger partial charge < -0.3 is 4.74 Å². The summed E-state index contributed by atoms with van der Waals surface area (Å²) in [7, 11) is 1.75. The van der Waals surface area contributed by atoms with E-state index in [0.29, 0.717) is 5.92 Å². The van der Waals surface area contributed by atoms with E-state index in [1.165, 1.54) is 11.1 Å². The highest BCUT2D eigenvalue weighted by Crippen LogP contribution is 2.39. The molecule has 2 aromatic carbocycles. The lowest BCUT2D eigenvalue weighted by atomic mass is 9.81. The van der Waals surface area contributed by atoms with Gasteiger partial charge in [-0.05, 0) is 61.4 Å². The molecule has 3 aromatic rings. The molecular formula is C23H27N3OS. The molecular weight excluding hydrogens is 366 g/mol. The molecule has 0 amide bonds. The van der Waals surface area contributed by atoms with E-state index in [1.807, 2.05) is 11.9 Å². The maximum absolute atomic E-state index is 6.44. The van der Waals surface area contributed by atoms with Crippen molar-refractivity contribution in [1.29, 1.82) is 0 Å². The molecule has 146 valence electrons. The molecule has 0 radical (unpaired) electrons. The third-order valence-corrected chi connectivity index (χ3v) is 6.57. The van der Waals surface area contributed by atoms with Gasteiger partial charge in [-0.25, -0.2) is 9.99 Å². The number of nitrogens with two attached hydrogens (primary N) is 1. The number of benzene rings is 2. The Hall–Kier alpha value is -2.21. The minimum atomic E-state index is 0.227. The second-order valence-corrected chi connectivity index (χ2v) is 8.38. The molecule has 0 bridgehead atoms. The molecule has 2 heterocycles. The predicted molar refractivity (Wildman–Crippen MR) is 115 cm³/mol. The van der Waals surface area contributed by atoms with Crippen molar-refractivity contribution in [2.75, 3.05) is 13.7 Å². The highest BCUT2D eigenvalue weighted by molar-refractivity contribution is 7.13. The maximum atomic E-state index is 6.44. The summed E-state index contributed by atoms with van der Waals surface area (Å²) in [5.41, 5.74) is 4.74. The monoisotopic (exact) mass is 393 g/mol.